The van der Waals surface area contributed by atoms with E-state index in [1.165, 1.54) is 5.56 Å². The summed E-state index contributed by atoms with van der Waals surface area (Å²) in [7, 11) is 2.14. The highest BCUT2D eigenvalue weighted by Gasteiger charge is 2.31. The van der Waals surface area contributed by atoms with E-state index in [1.807, 2.05) is 19.2 Å². The largest absolute Gasteiger partial charge is 0.473 e. The molecule has 0 bridgehead atoms. The number of hydrogen-bond acceptors (Lipinski definition) is 5. The zero-order valence-electron chi connectivity index (χ0n) is 14.6. The molecule has 1 N–H and O–H groups in total. The van der Waals surface area contributed by atoms with Gasteiger partial charge in [0.05, 0.1) is 0 Å². The lowest BCUT2D eigenvalue weighted by Crippen LogP contribution is -2.31. The molecule has 7 heteroatoms. The van der Waals surface area contributed by atoms with Crippen LogP contribution < -0.4 is 10.1 Å². The first-order valence-corrected chi connectivity index (χ1v) is 9.86. The predicted octanol–water partition coefficient (Wildman–Crippen LogP) is 4.18. The van der Waals surface area contributed by atoms with Gasteiger partial charge in [-0.15, -0.1) is 0 Å². The van der Waals surface area contributed by atoms with Crippen LogP contribution in [0.1, 0.15) is 17.5 Å². The molecule has 1 saturated heterocycles. The van der Waals surface area contributed by atoms with Crippen molar-refractivity contribution in [1.82, 2.24) is 14.9 Å². The van der Waals surface area contributed by atoms with E-state index in [-0.39, 0.29) is 6.10 Å². The fraction of sp³-hybridized carbons (Fsp3) is 0.444. The molecule has 3 heterocycles. The van der Waals surface area contributed by atoms with Crippen LogP contribution in [0.15, 0.2) is 33.5 Å². The van der Waals surface area contributed by atoms with Gasteiger partial charge in [-0.25, -0.2) is 9.97 Å². The number of anilines is 1. The molecule has 0 unspecified atom stereocenters. The third-order valence-electron chi connectivity index (χ3n) is 4.52. The Hall–Kier alpha value is -1.18. The van der Waals surface area contributed by atoms with E-state index in [0.29, 0.717) is 11.9 Å². The second kappa shape index (κ2) is 8.01. The first-order valence-electron chi connectivity index (χ1n) is 8.27. The smallest absolute Gasteiger partial charge is 0.213 e. The van der Waals surface area contributed by atoms with E-state index in [4.69, 9.17) is 4.74 Å². The molecule has 0 amide bonds. The molecule has 25 heavy (non-hydrogen) atoms. The summed E-state index contributed by atoms with van der Waals surface area (Å²) in [5, 5.41) is 3.44. The second-order valence-corrected chi connectivity index (χ2v) is 8.25. The van der Waals surface area contributed by atoms with Crippen molar-refractivity contribution in [3.8, 4) is 5.88 Å². The van der Waals surface area contributed by atoms with Crippen molar-refractivity contribution in [3.05, 3.63) is 44.6 Å². The molecular formula is C18H22Br2N4O. The van der Waals surface area contributed by atoms with E-state index < -0.39 is 0 Å². The number of hydrogen-bond donors (Lipinski definition) is 1. The zero-order chi connectivity index (χ0) is 18.0. The number of halogens is 2. The number of likely N-dealkylation sites (tertiary alicyclic amines) is 1. The molecular weight excluding hydrogens is 448 g/mol. The molecule has 1 fully saturated rings. The maximum absolute atomic E-state index is 6.08. The summed E-state index contributed by atoms with van der Waals surface area (Å²) in [6.07, 6.45) is 4.76. The van der Waals surface area contributed by atoms with Crippen LogP contribution in [-0.2, 0) is 0 Å². The number of likely N-dealkylation sites (N-methyl/N-ethyl adjacent to an activating group) is 1. The number of ether oxygens (including phenoxy) is 1. The fourth-order valence-corrected chi connectivity index (χ4v) is 3.39. The van der Waals surface area contributed by atoms with Crippen molar-refractivity contribution in [2.75, 3.05) is 25.5 Å². The Labute approximate surface area is 165 Å². The molecule has 2 atom stereocenters. The Morgan fingerprint density at radius 2 is 1.84 bits per heavy atom. The Balaban J connectivity index is 1.55. The SMILES string of the molecule is Cc1cc(NC[C@@H]2C[C@@H](Oc3cc(C)c(Br)cn3)CN2C)ncc1Br. The van der Waals surface area contributed by atoms with E-state index >= 15 is 0 Å². The molecule has 134 valence electrons. The van der Waals surface area contributed by atoms with Crippen molar-refractivity contribution >= 4 is 37.7 Å². The summed E-state index contributed by atoms with van der Waals surface area (Å²) in [6, 6.07) is 4.44. The van der Waals surface area contributed by atoms with Crippen LogP contribution >= 0.6 is 31.9 Å². The van der Waals surface area contributed by atoms with Crippen LogP contribution in [-0.4, -0.2) is 47.2 Å². The zero-order valence-corrected chi connectivity index (χ0v) is 17.8. The molecule has 3 rings (SSSR count). The molecule has 0 aliphatic carbocycles. The lowest BCUT2D eigenvalue weighted by Gasteiger charge is -2.19. The highest BCUT2D eigenvalue weighted by atomic mass is 79.9. The minimum absolute atomic E-state index is 0.157. The van der Waals surface area contributed by atoms with Crippen molar-refractivity contribution in [3.63, 3.8) is 0 Å². The van der Waals surface area contributed by atoms with Gasteiger partial charge in [-0.2, -0.15) is 0 Å². The lowest BCUT2D eigenvalue weighted by atomic mass is 10.2. The number of aryl methyl sites for hydroxylation is 2. The van der Waals surface area contributed by atoms with Crippen molar-refractivity contribution < 1.29 is 4.74 Å². The summed E-state index contributed by atoms with van der Waals surface area (Å²) in [5.74, 6) is 1.60. The molecule has 0 aromatic carbocycles. The first kappa shape index (κ1) is 18.6. The Kier molecular flexibility index (Phi) is 5.96. The Bertz CT molecular complexity index is 756. The van der Waals surface area contributed by atoms with Crippen molar-refractivity contribution in [1.29, 1.82) is 0 Å². The average molecular weight is 470 g/mol. The molecule has 1 aliphatic heterocycles. The monoisotopic (exact) mass is 468 g/mol. The second-order valence-electron chi connectivity index (χ2n) is 6.54. The highest BCUT2D eigenvalue weighted by Crippen LogP contribution is 2.24. The third-order valence-corrected chi connectivity index (χ3v) is 6.19. The summed E-state index contributed by atoms with van der Waals surface area (Å²) in [6.45, 7) is 5.85. The van der Waals surface area contributed by atoms with Crippen LogP contribution in [0.5, 0.6) is 5.88 Å². The maximum atomic E-state index is 6.08. The van der Waals surface area contributed by atoms with Gasteiger partial charge in [0.15, 0.2) is 0 Å². The van der Waals surface area contributed by atoms with Gasteiger partial charge in [0.25, 0.3) is 0 Å². The van der Waals surface area contributed by atoms with Gasteiger partial charge >= 0.3 is 0 Å². The minimum Gasteiger partial charge on any atom is -0.473 e. The quantitative estimate of drug-likeness (QED) is 0.711. The van der Waals surface area contributed by atoms with Crippen LogP contribution in [0.4, 0.5) is 5.82 Å². The van der Waals surface area contributed by atoms with Gasteiger partial charge in [0.1, 0.15) is 11.9 Å². The number of pyridine rings is 2. The van der Waals surface area contributed by atoms with E-state index in [0.717, 1.165) is 39.8 Å². The molecule has 5 nitrogen and oxygen atoms in total. The number of nitrogens with zero attached hydrogens (tertiary/aromatic N) is 3. The molecule has 0 saturated carbocycles. The number of nitrogens with one attached hydrogen (secondary N) is 1. The maximum Gasteiger partial charge on any atom is 0.213 e. The summed E-state index contributed by atoms with van der Waals surface area (Å²) in [4.78, 5) is 11.1. The Morgan fingerprint density at radius 1 is 1.16 bits per heavy atom. The van der Waals surface area contributed by atoms with Gasteiger partial charge in [-0.1, -0.05) is 0 Å². The van der Waals surface area contributed by atoms with Crippen LogP contribution in [0.3, 0.4) is 0 Å². The predicted molar refractivity (Wildman–Crippen MR) is 107 cm³/mol. The molecule has 0 spiro atoms. The van der Waals surface area contributed by atoms with Gasteiger partial charge in [-0.05, 0) is 69.9 Å². The van der Waals surface area contributed by atoms with Gasteiger partial charge in [-0.3, -0.25) is 4.90 Å². The van der Waals surface area contributed by atoms with Gasteiger partial charge < -0.3 is 10.1 Å². The van der Waals surface area contributed by atoms with E-state index in [9.17, 15) is 0 Å². The summed E-state index contributed by atoms with van der Waals surface area (Å²) >= 11 is 6.95. The highest BCUT2D eigenvalue weighted by molar-refractivity contribution is 9.10. The number of rotatable bonds is 5. The van der Waals surface area contributed by atoms with Crippen LogP contribution in [0, 0.1) is 13.8 Å². The summed E-state index contributed by atoms with van der Waals surface area (Å²) in [5.41, 5.74) is 2.31. The number of aromatic nitrogens is 2. The first-order chi connectivity index (χ1) is 11.9. The van der Waals surface area contributed by atoms with E-state index in [2.05, 4.69) is 72.1 Å². The fourth-order valence-electron chi connectivity index (χ4n) is 2.96. The summed E-state index contributed by atoms with van der Waals surface area (Å²) < 4.78 is 8.11. The van der Waals surface area contributed by atoms with Crippen molar-refractivity contribution in [2.45, 2.75) is 32.4 Å². The standard InChI is InChI=1S/C18H22Br2N4O/c1-11-4-17(22-8-15(11)19)21-7-13-6-14(10-24(13)3)25-18-5-12(2)16(20)9-23-18/h4-5,8-9,13-14H,6-7,10H2,1-3H3,(H,21,22)/t13-,14+/m0/s1. The average Bonchev–Trinajstić information content (AvgIpc) is 2.91. The molecule has 2 aromatic heterocycles. The minimum atomic E-state index is 0.157. The van der Waals surface area contributed by atoms with Crippen LogP contribution in [0.2, 0.25) is 0 Å². The van der Waals surface area contributed by atoms with Crippen LogP contribution in [0.25, 0.3) is 0 Å². The lowest BCUT2D eigenvalue weighted by molar-refractivity contribution is 0.200. The third kappa shape index (κ3) is 4.71. The molecule has 0 radical (unpaired) electrons. The normalized spacial score (nSPS) is 20.7. The van der Waals surface area contributed by atoms with Gasteiger partial charge in [0.2, 0.25) is 5.88 Å². The Morgan fingerprint density at radius 3 is 2.52 bits per heavy atom. The molecule has 2 aromatic rings. The van der Waals surface area contributed by atoms with Gasteiger partial charge in [0, 0.05) is 53.0 Å². The van der Waals surface area contributed by atoms with E-state index in [1.54, 1.807) is 6.20 Å². The van der Waals surface area contributed by atoms with Crippen molar-refractivity contribution in [2.24, 2.45) is 0 Å². The molecule has 1 aliphatic rings. The topological polar surface area (TPSA) is 50.3 Å².